The van der Waals surface area contributed by atoms with Crippen molar-refractivity contribution in [1.29, 1.82) is 0 Å². The lowest BCUT2D eigenvalue weighted by molar-refractivity contribution is 0.0690. The van der Waals surface area contributed by atoms with E-state index in [2.05, 4.69) is 21.2 Å². The number of anilines is 1. The van der Waals surface area contributed by atoms with Crippen LogP contribution >= 0.6 is 0 Å². The van der Waals surface area contributed by atoms with Crippen molar-refractivity contribution in [1.82, 2.24) is 9.97 Å². The molecule has 0 bridgehead atoms. The zero-order valence-corrected chi connectivity index (χ0v) is 9.73. The minimum atomic E-state index is -1.05. The molecule has 1 rings (SSSR count). The summed E-state index contributed by atoms with van der Waals surface area (Å²) in [5.41, 5.74) is 0.632. The SMILES string of the molecule is C#CCCCCNc1nc(C)cc(C(=O)O)n1. The van der Waals surface area contributed by atoms with Gasteiger partial charge in [-0.25, -0.2) is 14.8 Å². The van der Waals surface area contributed by atoms with Gasteiger partial charge in [0.15, 0.2) is 5.69 Å². The first-order valence-electron chi connectivity index (χ1n) is 5.40. The summed E-state index contributed by atoms with van der Waals surface area (Å²) in [5, 5.41) is 11.8. The van der Waals surface area contributed by atoms with Gasteiger partial charge in [-0.3, -0.25) is 0 Å². The van der Waals surface area contributed by atoms with Crippen LogP contribution in [0, 0.1) is 19.3 Å². The number of hydrogen-bond donors (Lipinski definition) is 2. The average Bonchev–Trinajstić information content (AvgIpc) is 2.28. The Labute approximate surface area is 100 Å². The maximum absolute atomic E-state index is 10.8. The number of carbonyl (C=O) groups is 1. The van der Waals surface area contributed by atoms with Gasteiger partial charge < -0.3 is 10.4 Å². The second kappa shape index (κ2) is 6.48. The van der Waals surface area contributed by atoms with E-state index in [4.69, 9.17) is 11.5 Å². The Balaban J connectivity index is 2.53. The lowest BCUT2D eigenvalue weighted by Crippen LogP contribution is -2.10. The standard InChI is InChI=1S/C12H15N3O2/c1-3-4-5-6-7-13-12-14-9(2)8-10(15-12)11(16)17/h1,8H,4-7H2,2H3,(H,16,17)(H,13,14,15). The second-order valence-electron chi connectivity index (χ2n) is 3.61. The van der Waals surface area contributed by atoms with E-state index >= 15 is 0 Å². The predicted molar refractivity (Wildman–Crippen MR) is 64.9 cm³/mol. The molecule has 0 saturated heterocycles. The first-order valence-corrected chi connectivity index (χ1v) is 5.40. The summed E-state index contributed by atoms with van der Waals surface area (Å²) in [6.45, 7) is 2.42. The van der Waals surface area contributed by atoms with Gasteiger partial charge in [0, 0.05) is 18.7 Å². The Morgan fingerprint density at radius 1 is 1.53 bits per heavy atom. The van der Waals surface area contributed by atoms with Gasteiger partial charge in [0.25, 0.3) is 0 Å². The Hall–Kier alpha value is -2.09. The molecule has 1 heterocycles. The smallest absolute Gasteiger partial charge is 0.354 e. The lowest BCUT2D eigenvalue weighted by Gasteiger charge is -2.05. The minimum Gasteiger partial charge on any atom is -0.477 e. The van der Waals surface area contributed by atoms with Crippen molar-refractivity contribution in [3.63, 3.8) is 0 Å². The zero-order valence-electron chi connectivity index (χ0n) is 9.73. The predicted octanol–water partition coefficient (Wildman–Crippen LogP) is 1.70. The third-order valence-electron chi connectivity index (χ3n) is 2.10. The normalized spacial score (nSPS) is 9.65. The highest BCUT2D eigenvalue weighted by molar-refractivity contribution is 5.85. The highest BCUT2D eigenvalue weighted by atomic mass is 16.4. The van der Waals surface area contributed by atoms with E-state index in [0.717, 1.165) is 19.3 Å². The van der Waals surface area contributed by atoms with Crippen LogP contribution in [0.5, 0.6) is 0 Å². The molecular weight excluding hydrogens is 218 g/mol. The Morgan fingerprint density at radius 2 is 2.29 bits per heavy atom. The molecule has 0 aliphatic carbocycles. The van der Waals surface area contributed by atoms with Crippen LogP contribution in [0.15, 0.2) is 6.07 Å². The molecule has 0 spiro atoms. The highest BCUT2D eigenvalue weighted by Crippen LogP contribution is 2.05. The van der Waals surface area contributed by atoms with Crippen molar-refractivity contribution in [2.24, 2.45) is 0 Å². The largest absolute Gasteiger partial charge is 0.477 e. The van der Waals surface area contributed by atoms with Crippen LogP contribution in [0.1, 0.15) is 35.4 Å². The number of terminal acetylenes is 1. The first-order chi connectivity index (χ1) is 8.13. The molecule has 17 heavy (non-hydrogen) atoms. The summed E-state index contributed by atoms with van der Waals surface area (Å²) in [4.78, 5) is 18.8. The van der Waals surface area contributed by atoms with Crippen molar-refractivity contribution in [2.75, 3.05) is 11.9 Å². The van der Waals surface area contributed by atoms with E-state index in [1.165, 1.54) is 6.07 Å². The average molecular weight is 233 g/mol. The number of aromatic carboxylic acids is 1. The molecular formula is C12H15N3O2. The number of aryl methyl sites for hydroxylation is 1. The van der Waals surface area contributed by atoms with Gasteiger partial charge >= 0.3 is 5.97 Å². The molecule has 5 nitrogen and oxygen atoms in total. The Bertz CT molecular complexity index is 438. The van der Waals surface area contributed by atoms with Crippen molar-refractivity contribution in [2.45, 2.75) is 26.2 Å². The van der Waals surface area contributed by atoms with Crippen LogP contribution in [-0.4, -0.2) is 27.6 Å². The zero-order chi connectivity index (χ0) is 12.7. The molecule has 0 saturated carbocycles. The van der Waals surface area contributed by atoms with E-state index in [9.17, 15) is 4.79 Å². The number of nitrogens with one attached hydrogen (secondary N) is 1. The second-order valence-corrected chi connectivity index (χ2v) is 3.61. The van der Waals surface area contributed by atoms with E-state index < -0.39 is 5.97 Å². The number of aromatic nitrogens is 2. The number of unbranched alkanes of at least 4 members (excludes halogenated alkanes) is 2. The number of carboxylic acids is 1. The number of carboxylic acid groups (broad SMARTS) is 1. The lowest BCUT2D eigenvalue weighted by atomic mass is 10.2. The maximum atomic E-state index is 10.8. The van der Waals surface area contributed by atoms with Gasteiger partial charge in [-0.15, -0.1) is 12.3 Å². The molecule has 0 radical (unpaired) electrons. The monoisotopic (exact) mass is 233 g/mol. The van der Waals surface area contributed by atoms with Gasteiger partial charge in [0.05, 0.1) is 0 Å². The highest BCUT2D eigenvalue weighted by Gasteiger charge is 2.07. The number of hydrogen-bond acceptors (Lipinski definition) is 4. The van der Waals surface area contributed by atoms with Crippen LogP contribution in [-0.2, 0) is 0 Å². The topological polar surface area (TPSA) is 75.1 Å². The van der Waals surface area contributed by atoms with Crippen LogP contribution in [0.4, 0.5) is 5.95 Å². The van der Waals surface area contributed by atoms with Crippen LogP contribution in [0.25, 0.3) is 0 Å². The molecule has 5 heteroatoms. The molecule has 0 amide bonds. The summed E-state index contributed by atoms with van der Waals surface area (Å²) in [6.07, 6.45) is 7.72. The molecule has 0 aromatic carbocycles. The molecule has 0 fully saturated rings. The van der Waals surface area contributed by atoms with Gasteiger partial charge in [0.2, 0.25) is 5.95 Å². The Morgan fingerprint density at radius 3 is 2.94 bits per heavy atom. The minimum absolute atomic E-state index is 0.00336. The van der Waals surface area contributed by atoms with Crippen molar-refractivity contribution < 1.29 is 9.90 Å². The van der Waals surface area contributed by atoms with Crippen LogP contribution in [0.3, 0.4) is 0 Å². The fraction of sp³-hybridized carbons (Fsp3) is 0.417. The summed E-state index contributed by atoms with van der Waals surface area (Å²) < 4.78 is 0. The maximum Gasteiger partial charge on any atom is 0.354 e. The molecule has 0 atom stereocenters. The Kier molecular flexibility index (Phi) is 4.95. The van der Waals surface area contributed by atoms with Crippen LogP contribution < -0.4 is 5.32 Å². The van der Waals surface area contributed by atoms with Gasteiger partial charge in [-0.1, -0.05) is 0 Å². The molecule has 90 valence electrons. The molecule has 1 aromatic heterocycles. The van der Waals surface area contributed by atoms with E-state index in [-0.39, 0.29) is 5.69 Å². The summed E-state index contributed by atoms with van der Waals surface area (Å²) >= 11 is 0. The molecule has 2 N–H and O–H groups in total. The fourth-order valence-corrected chi connectivity index (χ4v) is 1.31. The summed E-state index contributed by atoms with van der Waals surface area (Å²) in [5.74, 6) is 1.86. The van der Waals surface area contributed by atoms with Crippen molar-refractivity contribution in [3.8, 4) is 12.3 Å². The molecule has 1 aromatic rings. The van der Waals surface area contributed by atoms with E-state index in [1.54, 1.807) is 6.92 Å². The fourth-order valence-electron chi connectivity index (χ4n) is 1.31. The summed E-state index contributed by atoms with van der Waals surface area (Å²) in [7, 11) is 0. The quantitative estimate of drug-likeness (QED) is 0.577. The summed E-state index contributed by atoms with van der Waals surface area (Å²) in [6, 6.07) is 1.44. The number of rotatable bonds is 6. The number of nitrogens with zero attached hydrogens (tertiary/aromatic N) is 2. The first kappa shape index (κ1) is 13.0. The van der Waals surface area contributed by atoms with Crippen LogP contribution in [0.2, 0.25) is 0 Å². The molecule has 0 aliphatic heterocycles. The van der Waals surface area contributed by atoms with E-state index in [1.807, 2.05) is 0 Å². The van der Waals surface area contributed by atoms with E-state index in [0.29, 0.717) is 18.2 Å². The third kappa shape index (κ3) is 4.51. The van der Waals surface area contributed by atoms with Crippen molar-refractivity contribution >= 4 is 11.9 Å². The van der Waals surface area contributed by atoms with Gasteiger partial charge in [0.1, 0.15) is 0 Å². The van der Waals surface area contributed by atoms with Gasteiger partial charge in [-0.2, -0.15) is 0 Å². The van der Waals surface area contributed by atoms with Gasteiger partial charge in [-0.05, 0) is 25.8 Å². The van der Waals surface area contributed by atoms with Crippen molar-refractivity contribution in [3.05, 3.63) is 17.5 Å². The molecule has 0 aliphatic rings. The third-order valence-corrected chi connectivity index (χ3v) is 2.10. The molecule has 0 unspecified atom stereocenters.